The Morgan fingerprint density at radius 3 is 2.48 bits per heavy atom. The van der Waals surface area contributed by atoms with Gasteiger partial charge in [-0.25, -0.2) is 0 Å². The van der Waals surface area contributed by atoms with Crippen LogP contribution < -0.4 is 5.32 Å². The number of nitrogens with one attached hydrogen (secondary N) is 1. The molecule has 2 aromatic rings. The van der Waals surface area contributed by atoms with Crippen LogP contribution in [-0.2, 0) is 0 Å². The average molecular weight is 331 g/mol. The van der Waals surface area contributed by atoms with Gasteiger partial charge in [-0.3, -0.25) is 4.90 Å². The van der Waals surface area contributed by atoms with E-state index in [0.717, 1.165) is 24.7 Å². The lowest BCUT2D eigenvalue weighted by atomic mass is 9.83. The molecule has 1 fully saturated rings. The van der Waals surface area contributed by atoms with Crippen LogP contribution >= 0.6 is 11.6 Å². The van der Waals surface area contributed by atoms with E-state index in [0.29, 0.717) is 12.6 Å². The fourth-order valence-corrected chi connectivity index (χ4v) is 3.60. The first-order chi connectivity index (χ1) is 11.3. The third kappa shape index (κ3) is 3.93. The molecule has 1 heterocycles. The molecular weight excluding hydrogens is 308 g/mol. The van der Waals surface area contributed by atoms with Crippen LogP contribution in [0.5, 0.6) is 0 Å². The summed E-state index contributed by atoms with van der Waals surface area (Å²) in [5.74, 6) is 0.257. The molecule has 0 spiro atoms. The van der Waals surface area contributed by atoms with Crippen molar-refractivity contribution in [2.75, 3.05) is 32.8 Å². The maximum atomic E-state index is 9.42. The number of rotatable bonds is 5. The molecule has 0 aliphatic carbocycles. The fraction of sp³-hybridized carbons (Fsp3) is 0.368. The molecule has 2 aromatic carbocycles. The third-order valence-corrected chi connectivity index (χ3v) is 4.81. The Hall–Kier alpha value is -1.39. The van der Waals surface area contributed by atoms with Crippen LogP contribution in [0.25, 0.3) is 0 Å². The van der Waals surface area contributed by atoms with Crippen LogP contribution in [0.15, 0.2) is 54.6 Å². The highest BCUT2D eigenvalue weighted by molar-refractivity contribution is 6.30. The summed E-state index contributed by atoms with van der Waals surface area (Å²) in [7, 11) is 0. The van der Waals surface area contributed by atoms with E-state index >= 15 is 0 Å². The molecule has 2 N–H and O–H groups in total. The van der Waals surface area contributed by atoms with Gasteiger partial charge in [0, 0.05) is 43.2 Å². The van der Waals surface area contributed by atoms with E-state index in [1.807, 2.05) is 18.2 Å². The summed E-state index contributed by atoms with van der Waals surface area (Å²) in [5, 5.41) is 13.7. The van der Waals surface area contributed by atoms with E-state index in [9.17, 15) is 5.11 Å². The van der Waals surface area contributed by atoms with Crippen molar-refractivity contribution in [2.45, 2.75) is 12.0 Å². The Morgan fingerprint density at radius 1 is 1.09 bits per heavy atom. The van der Waals surface area contributed by atoms with Crippen LogP contribution in [0.1, 0.15) is 17.0 Å². The quantitative estimate of drug-likeness (QED) is 0.885. The second-order valence-corrected chi connectivity index (χ2v) is 6.41. The molecule has 2 atom stereocenters. The van der Waals surface area contributed by atoms with Crippen LogP contribution in [0.2, 0.25) is 5.02 Å². The zero-order valence-corrected chi connectivity index (χ0v) is 13.9. The number of halogens is 1. The van der Waals surface area contributed by atoms with Crippen molar-refractivity contribution in [3.63, 3.8) is 0 Å². The van der Waals surface area contributed by atoms with Gasteiger partial charge in [0.1, 0.15) is 0 Å². The van der Waals surface area contributed by atoms with Gasteiger partial charge >= 0.3 is 0 Å². The van der Waals surface area contributed by atoms with Crippen molar-refractivity contribution in [3.8, 4) is 0 Å². The van der Waals surface area contributed by atoms with Gasteiger partial charge in [-0.15, -0.1) is 0 Å². The first-order valence-corrected chi connectivity index (χ1v) is 8.53. The second-order valence-electron chi connectivity index (χ2n) is 5.97. The Kier molecular flexibility index (Phi) is 5.68. The maximum Gasteiger partial charge on any atom is 0.0558 e. The van der Waals surface area contributed by atoms with Crippen LogP contribution in [0, 0.1) is 0 Å². The summed E-state index contributed by atoms with van der Waals surface area (Å²) < 4.78 is 0. The molecule has 0 saturated carbocycles. The van der Waals surface area contributed by atoms with Gasteiger partial charge in [-0.2, -0.15) is 0 Å². The lowest BCUT2D eigenvalue weighted by Gasteiger charge is -2.41. The van der Waals surface area contributed by atoms with Gasteiger partial charge in [0.25, 0.3) is 0 Å². The predicted octanol–water partition coefficient (Wildman–Crippen LogP) is 2.74. The smallest absolute Gasteiger partial charge is 0.0558 e. The maximum absolute atomic E-state index is 9.42. The van der Waals surface area contributed by atoms with Crippen molar-refractivity contribution in [3.05, 3.63) is 70.7 Å². The van der Waals surface area contributed by atoms with Crippen LogP contribution in [-0.4, -0.2) is 48.8 Å². The molecule has 0 radical (unpaired) electrons. The average Bonchev–Trinajstić information content (AvgIpc) is 2.60. The number of hydrogen-bond donors (Lipinski definition) is 2. The van der Waals surface area contributed by atoms with Crippen molar-refractivity contribution >= 4 is 11.6 Å². The molecule has 3 nitrogen and oxygen atoms in total. The zero-order chi connectivity index (χ0) is 16.1. The highest BCUT2D eigenvalue weighted by atomic mass is 35.5. The summed E-state index contributed by atoms with van der Waals surface area (Å²) in [6.07, 6.45) is 0. The lowest BCUT2D eigenvalue weighted by molar-refractivity contribution is 0.117. The van der Waals surface area contributed by atoms with Crippen molar-refractivity contribution in [1.82, 2.24) is 10.2 Å². The number of aliphatic hydroxyl groups excluding tert-OH is 1. The Morgan fingerprint density at radius 2 is 1.78 bits per heavy atom. The van der Waals surface area contributed by atoms with E-state index in [2.05, 4.69) is 46.6 Å². The summed E-state index contributed by atoms with van der Waals surface area (Å²) >= 11 is 6.07. The summed E-state index contributed by atoms with van der Waals surface area (Å²) in [6.45, 7) is 3.75. The van der Waals surface area contributed by atoms with Gasteiger partial charge in [0.2, 0.25) is 0 Å². The van der Waals surface area contributed by atoms with Crippen molar-refractivity contribution in [2.24, 2.45) is 0 Å². The van der Waals surface area contributed by atoms with Crippen LogP contribution in [0.3, 0.4) is 0 Å². The third-order valence-electron chi connectivity index (χ3n) is 4.56. The van der Waals surface area contributed by atoms with Crippen LogP contribution in [0.4, 0.5) is 0 Å². The number of β-amino-alcohol motifs (C(OH)–C–C–N with tert-alkyl or cyclic N) is 1. The molecule has 0 bridgehead atoms. The standard InChI is InChI=1S/C19H23ClN2O/c20-17-8-6-16(7-9-17)19(15-4-2-1-3-5-15)18-14-21-10-11-22(18)12-13-23/h1-9,18-19,21,23H,10-14H2. The molecule has 0 amide bonds. The zero-order valence-electron chi connectivity index (χ0n) is 13.2. The Balaban J connectivity index is 1.98. The van der Waals surface area contributed by atoms with Gasteiger partial charge in [0.05, 0.1) is 6.61 Å². The topological polar surface area (TPSA) is 35.5 Å². The molecule has 23 heavy (non-hydrogen) atoms. The SMILES string of the molecule is OCCN1CCNCC1C(c1ccccc1)c1ccc(Cl)cc1. The largest absolute Gasteiger partial charge is 0.395 e. The monoisotopic (exact) mass is 330 g/mol. The van der Waals surface area contributed by atoms with E-state index < -0.39 is 0 Å². The molecule has 1 aliphatic heterocycles. The van der Waals surface area contributed by atoms with E-state index in [1.54, 1.807) is 0 Å². The lowest BCUT2D eigenvalue weighted by Crippen LogP contribution is -2.54. The minimum Gasteiger partial charge on any atom is -0.395 e. The number of aliphatic hydroxyl groups is 1. The Labute approximate surface area is 142 Å². The molecular formula is C19H23ClN2O. The van der Waals surface area contributed by atoms with Gasteiger partial charge in [0.15, 0.2) is 0 Å². The van der Waals surface area contributed by atoms with Crippen molar-refractivity contribution in [1.29, 1.82) is 0 Å². The second kappa shape index (κ2) is 7.93. The summed E-state index contributed by atoms with van der Waals surface area (Å²) in [6, 6.07) is 19.1. The van der Waals surface area contributed by atoms with E-state index in [-0.39, 0.29) is 12.5 Å². The summed E-state index contributed by atoms with van der Waals surface area (Å²) in [5.41, 5.74) is 2.56. The normalized spacial score (nSPS) is 20.3. The predicted molar refractivity (Wildman–Crippen MR) is 95.1 cm³/mol. The molecule has 1 aliphatic rings. The summed E-state index contributed by atoms with van der Waals surface area (Å²) in [4.78, 5) is 2.39. The van der Waals surface area contributed by atoms with Crippen molar-refractivity contribution < 1.29 is 5.11 Å². The first-order valence-electron chi connectivity index (χ1n) is 8.15. The van der Waals surface area contributed by atoms with Gasteiger partial charge in [-0.1, -0.05) is 54.1 Å². The molecule has 4 heteroatoms. The number of nitrogens with zero attached hydrogens (tertiary/aromatic N) is 1. The van der Waals surface area contributed by atoms with E-state index in [4.69, 9.17) is 11.6 Å². The number of benzene rings is 2. The van der Waals surface area contributed by atoms with E-state index in [1.165, 1.54) is 11.1 Å². The number of piperazine rings is 1. The van der Waals surface area contributed by atoms with Gasteiger partial charge < -0.3 is 10.4 Å². The molecule has 1 saturated heterocycles. The highest BCUT2D eigenvalue weighted by Crippen LogP contribution is 2.32. The van der Waals surface area contributed by atoms with Gasteiger partial charge in [-0.05, 0) is 23.3 Å². The molecule has 122 valence electrons. The highest BCUT2D eigenvalue weighted by Gasteiger charge is 2.31. The minimum atomic E-state index is 0.193. The first kappa shape index (κ1) is 16.5. The molecule has 2 unspecified atom stereocenters. The fourth-order valence-electron chi connectivity index (χ4n) is 3.47. The molecule has 0 aromatic heterocycles. The Bertz CT molecular complexity index is 601. The minimum absolute atomic E-state index is 0.193. The molecule has 3 rings (SSSR count). The number of hydrogen-bond acceptors (Lipinski definition) is 3.